The van der Waals surface area contributed by atoms with Crippen molar-refractivity contribution in [1.82, 2.24) is 5.32 Å². The van der Waals surface area contributed by atoms with Crippen LogP contribution in [0.15, 0.2) is 42.0 Å². The van der Waals surface area contributed by atoms with Crippen LogP contribution in [0.4, 0.5) is 0 Å². The molecule has 19 heavy (non-hydrogen) atoms. The van der Waals surface area contributed by atoms with E-state index >= 15 is 0 Å². The van der Waals surface area contributed by atoms with Crippen LogP contribution in [-0.2, 0) is 0 Å². The molecule has 1 unspecified atom stereocenters. The maximum atomic E-state index is 3.66. The highest BCUT2D eigenvalue weighted by Crippen LogP contribution is 2.29. The Morgan fingerprint density at radius 3 is 3.00 bits per heavy atom. The van der Waals surface area contributed by atoms with E-state index in [1.807, 2.05) is 11.3 Å². The number of nitrogens with one attached hydrogen (secondary N) is 1. The lowest BCUT2D eigenvalue weighted by Crippen LogP contribution is -2.19. The zero-order valence-corrected chi connectivity index (χ0v) is 12.3. The Bertz CT molecular complexity index is 549. The van der Waals surface area contributed by atoms with Crippen molar-refractivity contribution in [2.24, 2.45) is 0 Å². The van der Waals surface area contributed by atoms with Crippen LogP contribution in [0, 0.1) is 0 Å². The average Bonchev–Trinajstić information content (AvgIpc) is 3.07. The largest absolute Gasteiger partial charge is 0.309 e. The van der Waals surface area contributed by atoms with E-state index in [0.717, 1.165) is 6.54 Å². The Kier molecular flexibility index (Phi) is 4.00. The van der Waals surface area contributed by atoms with Crippen LogP contribution in [0.2, 0.25) is 0 Å². The number of hydrogen-bond acceptors (Lipinski definition) is 2. The van der Waals surface area contributed by atoms with Crippen molar-refractivity contribution in [2.45, 2.75) is 38.6 Å². The first-order chi connectivity index (χ1) is 9.33. The summed E-state index contributed by atoms with van der Waals surface area (Å²) in [5.74, 6) is 0. The van der Waals surface area contributed by atoms with Gasteiger partial charge in [-0.25, -0.2) is 0 Å². The first-order valence-electron chi connectivity index (χ1n) is 7.23. The van der Waals surface area contributed by atoms with E-state index in [2.05, 4.69) is 48.6 Å². The summed E-state index contributed by atoms with van der Waals surface area (Å²) in [7, 11) is 0. The minimum absolute atomic E-state index is 0.458. The zero-order chi connectivity index (χ0) is 13.1. The van der Waals surface area contributed by atoms with E-state index in [4.69, 9.17) is 0 Å². The molecule has 1 aromatic carbocycles. The van der Waals surface area contributed by atoms with Crippen LogP contribution >= 0.6 is 11.3 Å². The van der Waals surface area contributed by atoms with E-state index in [1.165, 1.54) is 40.6 Å². The summed E-state index contributed by atoms with van der Waals surface area (Å²) in [6, 6.07) is 11.4. The average molecular weight is 271 g/mol. The fraction of sp³-hybridized carbons (Fsp3) is 0.412. The molecule has 0 radical (unpaired) electrons. The summed E-state index contributed by atoms with van der Waals surface area (Å²) in [5, 5.41) is 5.03. The SMILES string of the molecule is CC(NCCC1=CCCC1)c1cc2ccccc2s1. The summed E-state index contributed by atoms with van der Waals surface area (Å²) in [4.78, 5) is 1.45. The molecule has 0 amide bonds. The van der Waals surface area contributed by atoms with Gasteiger partial charge in [-0.2, -0.15) is 0 Å². The van der Waals surface area contributed by atoms with Crippen molar-refractivity contribution in [3.63, 3.8) is 0 Å². The topological polar surface area (TPSA) is 12.0 Å². The lowest BCUT2D eigenvalue weighted by atomic mass is 10.1. The van der Waals surface area contributed by atoms with Crippen LogP contribution in [-0.4, -0.2) is 6.54 Å². The van der Waals surface area contributed by atoms with Crippen LogP contribution in [0.3, 0.4) is 0 Å². The fourth-order valence-electron chi connectivity index (χ4n) is 2.73. The molecule has 1 aromatic heterocycles. The molecule has 2 heteroatoms. The molecular weight excluding hydrogens is 250 g/mol. The number of hydrogen-bond donors (Lipinski definition) is 1. The molecule has 1 aliphatic rings. The second-order valence-electron chi connectivity index (χ2n) is 5.37. The molecule has 0 fully saturated rings. The molecule has 0 aliphatic heterocycles. The fourth-order valence-corrected chi connectivity index (χ4v) is 3.82. The molecule has 0 bridgehead atoms. The van der Waals surface area contributed by atoms with Gasteiger partial charge < -0.3 is 5.32 Å². The number of fused-ring (bicyclic) bond motifs is 1. The third-order valence-corrected chi connectivity index (χ3v) is 5.20. The molecule has 0 saturated carbocycles. The van der Waals surface area contributed by atoms with Crippen molar-refractivity contribution >= 4 is 21.4 Å². The molecule has 0 saturated heterocycles. The van der Waals surface area contributed by atoms with Gasteiger partial charge >= 0.3 is 0 Å². The molecule has 1 nitrogen and oxygen atoms in total. The zero-order valence-electron chi connectivity index (χ0n) is 11.5. The van der Waals surface area contributed by atoms with Gasteiger partial charge in [0.15, 0.2) is 0 Å². The van der Waals surface area contributed by atoms with Gasteiger partial charge in [-0.05, 0) is 56.7 Å². The number of allylic oxidation sites excluding steroid dienone is 1. The molecule has 1 N–H and O–H groups in total. The predicted octanol–water partition coefficient (Wildman–Crippen LogP) is 5.05. The Hall–Kier alpha value is -1.12. The quantitative estimate of drug-likeness (QED) is 0.750. The maximum Gasteiger partial charge on any atom is 0.0386 e. The van der Waals surface area contributed by atoms with E-state index < -0.39 is 0 Å². The Balaban J connectivity index is 1.58. The van der Waals surface area contributed by atoms with E-state index in [-0.39, 0.29) is 0 Å². The number of thiophene rings is 1. The molecule has 1 atom stereocenters. The molecule has 2 aromatic rings. The van der Waals surface area contributed by atoms with Crippen LogP contribution < -0.4 is 5.32 Å². The minimum atomic E-state index is 0.458. The smallest absolute Gasteiger partial charge is 0.0386 e. The Morgan fingerprint density at radius 1 is 1.32 bits per heavy atom. The minimum Gasteiger partial charge on any atom is -0.309 e. The van der Waals surface area contributed by atoms with Crippen LogP contribution in [0.1, 0.15) is 43.5 Å². The standard InChI is InChI=1S/C17H21NS/c1-13(18-11-10-14-6-2-3-7-14)17-12-15-8-4-5-9-16(15)19-17/h4-6,8-9,12-13,18H,2-3,7,10-11H2,1H3. The summed E-state index contributed by atoms with van der Waals surface area (Å²) in [6.45, 7) is 3.37. The Labute approximate surface area is 119 Å². The van der Waals surface area contributed by atoms with Gasteiger partial charge in [-0.3, -0.25) is 0 Å². The number of benzene rings is 1. The lowest BCUT2D eigenvalue weighted by Gasteiger charge is -2.12. The molecule has 3 rings (SSSR count). The van der Waals surface area contributed by atoms with Gasteiger partial charge in [0.25, 0.3) is 0 Å². The van der Waals surface area contributed by atoms with Crippen molar-refractivity contribution in [3.8, 4) is 0 Å². The highest BCUT2D eigenvalue weighted by atomic mass is 32.1. The third kappa shape index (κ3) is 3.07. The third-order valence-electron chi connectivity index (χ3n) is 3.90. The van der Waals surface area contributed by atoms with E-state index in [9.17, 15) is 0 Å². The van der Waals surface area contributed by atoms with Gasteiger partial charge in [-0.1, -0.05) is 29.8 Å². The predicted molar refractivity (Wildman–Crippen MR) is 84.8 cm³/mol. The highest BCUT2D eigenvalue weighted by molar-refractivity contribution is 7.19. The lowest BCUT2D eigenvalue weighted by molar-refractivity contribution is 0.580. The van der Waals surface area contributed by atoms with Gasteiger partial charge in [0.05, 0.1) is 0 Å². The van der Waals surface area contributed by atoms with E-state index in [1.54, 1.807) is 5.57 Å². The number of rotatable bonds is 5. The first-order valence-corrected chi connectivity index (χ1v) is 8.04. The van der Waals surface area contributed by atoms with Gasteiger partial charge in [0.2, 0.25) is 0 Å². The monoisotopic (exact) mass is 271 g/mol. The molecular formula is C17H21NS. The molecule has 100 valence electrons. The van der Waals surface area contributed by atoms with Crippen LogP contribution in [0.25, 0.3) is 10.1 Å². The van der Waals surface area contributed by atoms with Crippen molar-refractivity contribution < 1.29 is 0 Å². The van der Waals surface area contributed by atoms with Crippen molar-refractivity contribution in [1.29, 1.82) is 0 Å². The molecule has 1 aliphatic carbocycles. The van der Waals surface area contributed by atoms with Crippen molar-refractivity contribution in [3.05, 3.63) is 46.9 Å². The summed E-state index contributed by atoms with van der Waals surface area (Å²) in [6.07, 6.45) is 7.61. The summed E-state index contributed by atoms with van der Waals surface area (Å²) in [5.41, 5.74) is 1.65. The van der Waals surface area contributed by atoms with Crippen LogP contribution in [0.5, 0.6) is 0 Å². The highest BCUT2D eigenvalue weighted by Gasteiger charge is 2.10. The molecule has 0 spiro atoms. The van der Waals surface area contributed by atoms with E-state index in [0.29, 0.717) is 6.04 Å². The van der Waals surface area contributed by atoms with Gasteiger partial charge in [-0.15, -0.1) is 11.3 Å². The van der Waals surface area contributed by atoms with Gasteiger partial charge in [0.1, 0.15) is 0 Å². The molecule has 1 heterocycles. The van der Waals surface area contributed by atoms with Crippen molar-refractivity contribution in [2.75, 3.05) is 6.54 Å². The maximum absolute atomic E-state index is 3.66. The Morgan fingerprint density at radius 2 is 2.21 bits per heavy atom. The normalized spacial score (nSPS) is 16.8. The van der Waals surface area contributed by atoms with Gasteiger partial charge in [0, 0.05) is 15.6 Å². The summed E-state index contributed by atoms with van der Waals surface area (Å²) < 4.78 is 1.39. The second kappa shape index (κ2) is 5.89. The first kappa shape index (κ1) is 12.9. The summed E-state index contributed by atoms with van der Waals surface area (Å²) >= 11 is 1.91. The second-order valence-corrected chi connectivity index (χ2v) is 6.48.